The van der Waals surface area contributed by atoms with Crippen LogP contribution in [0.5, 0.6) is 5.75 Å². The maximum absolute atomic E-state index is 12.9. The van der Waals surface area contributed by atoms with E-state index >= 15 is 0 Å². The number of carbonyl (C=O) groups excluding carboxylic acids is 1. The van der Waals surface area contributed by atoms with Gasteiger partial charge in [0.05, 0.1) is 5.57 Å². The highest BCUT2D eigenvalue weighted by molar-refractivity contribution is 6.07. The van der Waals surface area contributed by atoms with E-state index in [1.807, 2.05) is 37.3 Å². The van der Waals surface area contributed by atoms with Gasteiger partial charge in [0.15, 0.2) is 0 Å². The fourth-order valence-electron chi connectivity index (χ4n) is 4.46. The predicted molar refractivity (Wildman–Crippen MR) is 119 cm³/mol. The molecule has 2 aliphatic rings. The molecule has 151 valence electrons. The van der Waals surface area contributed by atoms with Crippen molar-refractivity contribution in [2.24, 2.45) is 0 Å². The number of anilines is 1. The molecular weight excluding hydrogens is 358 g/mol. The van der Waals surface area contributed by atoms with Crippen molar-refractivity contribution in [3.63, 3.8) is 0 Å². The van der Waals surface area contributed by atoms with E-state index < -0.39 is 0 Å². The topological polar surface area (TPSA) is 38.3 Å². The van der Waals surface area contributed by atoms with Gasteiger partial charge in [-0.25, -0.2) is 0 Å². The number of hydrogen-bond donors (Lipinski definition) is 1. The molecule has 0 spiro atoms. The quantitative estimate of drug-likeness (QED) is 0.656. The second kappa shape index (κ2) is 8.44. The second-order valence-electron chi connectivity index (χ2n) is 8.59. The lowest BCUT2D eigenvalue weighted by molar-refractivity contribution is -0.113. The van der Waals surface area contributed by atoms with Crippen LogP contribution in [0.1, 0.15) is 74.1 Å². The Labute approximate surface area is 174 Å². The minimum Gasteiger partial charge on any atom is -0.488 e. The molecule has 0 bridgehead atoms. The van der Waals surface area contributed by atoms with E-state index in [4.69, 9.17) is 4.74 Å². The number of benzene rings is 2. The number of nitrogens with one attached hydrogen (secondary N) is 1. The van der Waals surface area contributed by atoms with Crippen LogP contribution in [0.3, 0.4) is 0 Å². The van der Waals surface area contributed by atoms with Gasteiger partial charge in [-0.3, -0.25) is 4.79 Å². The van der Waals surface area contributed by atoms with E-state index in [9.17, 15) is 4.79 Å². The fraction of sp³-hybridized carbons (Fsp3) is 0.385. The van der Waals surface area contributed by atoms with Gasteiger partial charge in [-0.05, 0) is 72.6 Å². The zero-order chi connectivity index (χ0) is 20.4. The molecular formula is C26H30NO2. The average Bonchev–Trinajstić information content (AvgIpc) is 2.73. The predicted octanol–water partition coefficient (Wildman–Crippen LogP) is 6.42. The molecule has 1 aliphatic heterocycles. The Morgan fingerprint density at radius 2 is 1.83 bits per heavy atom. The highest BCUT2D eigenvalue weighted by Crippen LogP contribution is 2.38. The SMILES string of the molecule is C[C](C)c1ccc(NC(=O)C2=Cc3ccc(C)cc3OC2)cc1C1CCCCC1. The van der Waals surface area contributed by atoms with Gasteiger partial charge in [0.2, 0.25) is 0 Å². The normalized spacial score (nSPS) is 16.8. The van der Waals surface area contributed by atoms with Gasteiger partial charge in [-0.1, -0.05) is 51.3 Å². The van der Waals surface area contributed by atoms with Gasteiger partial charge in [0, 0.05) is 11.3 Å². The summed E-state index contributed by atoms with van der Waals surface area (Å²) in [6.07, 6.45) is 8.36. The van der Waals surface area contributed by atoms with Gasteiger partial charge in [-0.15, -0.1) is 0 Å². The molecule has 1 amide bonds. The number of ether oxygens (including phenoxy) is 1. The zero-order valence-electron chi connectivity index (χ0n) is 17.7. The van der Waals surface area contributed by atoms with Crippen LogP contribution in [0.15, 0.2) is 42.0 Å². The van der Waals surface area contributed by atoms with Gasteiger partial charge >= 0.3 is 0 Å². The van der Waals surface area contributed by atoms with E-state index in [0.29, 0.717) is 18.1 Å². The summed E-state index contributed by atoms with van der Waals surface area (Å²) in [5.41, 5.74) is 6.36. The molecule has 1 heterocycles. The summed E-state index contributed by atoms with van der Waals surface area (Å²) in [5.74, 6) is 2.69. The highest BCUT2D eigenvalue weighted by atomic mass is 16.5. The lowest BCUT2D eigenvalue weighted by Crippen LogP contribution is -2.21. The van der Waals surface area contributed by atoms with E-state index in [-0.39, 0.29) is 5.91 Å². The number of rotatable bonds is 4. The summed E-state index contributed by atoms with van der Waals surface area (Å²) < 4.78 is 5.81. The molecule has 3 nitrogen and oxygen atoms in total. The van der Waals surface area contributed by atoms with Crippen LogP contribution >= 0.6 is 0 Å². The fourth-order valence-corrected chi connectivity index (χ4v) is 4.46. The Morgan fingerprint density at radius 3 is 2.59 bits per heavy atom. The van der Waals surface area contributed by atoms with Crippen LogP contribution in [0.25, 0.3) is 6.08 Å². The van der Waals surface area contributed by atoms with Gasteiger partial charge < -0.3 is 10.1 Å². The lowest BCUT2D eigenvalue weighted by atomic mass is 9.80. The Kier molecular flexibility index (Phi) is 5.75. The number of carbonyl (C=O) groups is 1. The molecule has 0 aromatic heterocycles. The van der Waals surface area contributed by atoms with Crippen LogP contribution < -0.4 is 10.1 Å². The molecule has 1 fully saturated rings. The molecule has 1 saturated carbocycles. The zero-order valence-corrected chi connectivity index (χ0v) is 17.7. The Balaban J connectivity index is 1.56. The third kappa shape index (κ3) is 4.39. The van der Waals surface area contributed by atoms with Crippen molar-refractivity contribution in [2.75, 3.05) is 11.9 Å². The molecule has 3 heteroatoms. The van der Waals surface area contributed by atoms with E-state index in [1.54, 1.807) is 0 Å². The first-order valence-electron chi connectivity index (χ1n) is 10.7. The van der Waals surface area contributed by atoms with Crippen LogP contribution in [-0.4, -0.2) is 12.5 Å². The summed E-state index contributed by atoms with van der Waals surface area (Å²) in [6, 6.07) is 12.4. The van der Waals surface area contributed by atoms with Crippen molar-refractivity contribution in [3.8, 4) is 5.75 Å². The van der Waals surface area contributed by atoms with Crippen LogP contribution in [0.2, 0.25) is 0 Å². The standard InChI is InChI=1S/C26H30NO2/c1-17(2)23-12-11-22(15-24(23)19-7-5-4-6-8-19)27-26(28)21-14-20-10-9-18(3)13-25(20)29-16-21/h9-15,19H,4-8,16H2,1-3H3,(H,27,28). The molecule has 2 aromatic carbocycles. The molecule has 1 radical (unpaired) electrons. The van der Waals surface area contributed by atoms with Crippen molar-refractivity contribution in [1.82, 2.24) is 0 Å². The van der Waals surface area contributed by atoms with Gasteiger partial charge in [-0.2, -0.15) is 0 Å². The molecule has 0 atom stereocenters. The highest BCUT2D eigenvalue weighted by Gasteiger charge is 2.22. The maximum atomic E-state index is 12.9. The second-order valence-corrected chi connectivity index (χ2v) is 8.59. The molecule has 4 rings (SSSR count). The summed E-state index contributed by atoms with van der Waals surface area (Å²) in [6.45, 7) is 6.68. The monoisotopic (exact) mass is 388 g/mol. The van der Waals surface area contributed by atoms with Crippen LogP contribution in [0.4, 0.5) is 5.69 Å². The molecule has 0 saturated heterocycles. The first-order chi connectivity index (χ1) is 14.0. The third-order valence-electron chi connectivity index (χ3n) is 6.07. The van der Waals surface area contributed by atoms with Crippen molar-refractivity contribution >= 4 is 17.7 Å². The van der Waals surface area contributed by atoms with Crippen LogP contribution in [0, 0.1) is 12.8 Å². The van der Waals surface area contributed by atoms with Crippen molar-refractivity contribution in [3.05, 3.63) is 70.1 Å². The van der Waals surface area contributed by atoms with E-state index in [2.05, 4.69) is 31.3 Å². The third-order valence-corrected chi connectivity index (χ3v) is 6.07. The van der Waals surface area contributed by atoms with Crippen LogP contribution in [-0.2, 0) is 4.79 Å². The number of aryl methyl sites for hydroxylation is 1. The number of fused-ring (bicyclic) bond motifs is 1. The van der Waals surface area contributed by atoms with Crippen molar-refractivity contribution < 1.29 is 9.53 Å². The minimum absolute atomic E-state index is 0.0873. The summed E-state index contributed by atoms with van der Waals surface area (Å²) in [4.78, 5) is 12.9. The molecule has 1 aliphatic carbocycles. The van der Waals surface area contributed by atoms with Gasteiger partial charge in [0.25, 0.3) is 5.91 Å². The Morgan fingerprint density at radius 1 is 1.03 bits per heavy atom. The largest absolute Gasteiger partial charge is 0.488 e. The Hall–Kier alpha value is -2.55. The van der Waals surface area contributed by atoms with Crippen molar-refractivity contribution in [1.29, 1.82) is 0 Å². The smallest absolute Gasteiger partial charge is 0.255 e. The van der Waals surface area contributed by atoms with E-state index in [0.717, 1.165) is 22.6 Å². The minimum atomic E-state index is -0.0873. The first kappa shape index (κ1) is 19.8. The summed E-state index contributed by atoms with van der Waals surface area (Å²) >= 11 is 0. The molecule has 0 unspecified atom stereocenters. The maximum Gasteiger partial charge on any atom is 0.255 e. The first-order valence-corrected chi connectivity index (χ1v) is 10.7. The number of hydrogen-bond acceptors (Lipinski definition) is 2. The molecule has 1 N–H and O–H groups in total. The summed E-state index contributed by atoms with van der Waals surface area (Å²) in [5, 5.41) is 3.10. The van der Waals surface area contributed by atoms with Gasteiger partial charge in [0.1, 0.15) is 12.4 Å². The average molecular weight is 389 g/mol. The number of amides is 1. The van der Waals surface area contributed by atoms with Crippen molar-refractivity contribution in [2.45, 2.75) is 58.8 Å². The lowest BCUT2D eigenvalue weighted by Gasteiger charge is -2.26. The van der Waals surface area contributed by atoms with E-state index in [1.165, 1.54) is 49.1 Å². The molecule has 29 heavy (non-hydrogen) atoms. The molecule has 2 aromatic rings. The summed E-state index contributed by atoms with van der Waals surface area (Å²) in [7, 11) is 0. The Bertz CT molecular complexity index is 936.